The summed E-state index contributed by atoms with van der Waals surface area (Å²) in [6.45, 7) is 3.13. The van der Waals surface area contributed by atoms with E-state index < -0.39 is 17.6 Å². The van der Waals surface area contributed by atoms with Gasteiger partial charge in [0.25, 0.3) is 0 Å². The summed E-state index contributed by atoms with van der Waals surface area (Å²) in [5.41, 5.74) is 1.11. The van der Waals surface area contributed by atoms with Crippen LogP contribution in [0.2, 0.25) is 0 Å². The summed E-state index contributed by atoms with van der Waals surface area (Å²) >= 11 is 0. The topological polar surface area (TPSA) is 63.1 Å². The van der Waals surface area contributed by atoms with Crippen molar-refractivity contribution in [2.24, 2.45) is 0 Å². The standard InChI is InChI=1S/C14H12F2N2O2/c1-7-13(14(19)20)8(2)18-12(17-7)5-9-3-10(15)6-11(16)4-9/h3-4,6H,5H2,1-2H3,(H,19,20). The molecule has 4 nitrogen and oxygen atoms in total. The van der Waals surface area contributed by atoms with E-state index in [1.165, 1.54) is 12.1 Å². The summed E-state index contributed by atoms with van der Waals surface area (Å²) in [4.78, 5) is 19.2. The Hall–Kier alpha value is -2.37. The van der Waals surface area contributed by atoms with Gasteiger partial charge in [-0.15, -0.1) is 0 Å². The molecule has 20 heavy (non-hydrogen) atoms. The lowest BCUT2D eigenvalue weighted by molar-refractivity contribution is 0.0694. The monoisotopic (exact) mass is 278 g/mol. The molecular weight excluding hydrogens is 266 g/mol. The third-order valence-electron chi connectivity index (χ3n) is 2.82. The molecule has 1 N–H and O–H groups in total. The second kappa shape index (κ2) is 5.32. The van der Waals surface area contributed by atoms with E-state index >= 15 is 0 Å². The molecule has 2 rings (SSSR count). The number of nitrogens with zero attached hydrogens (tertiary/aromatic N) is 2. The van der Waals surface area contributed by atoms with Gasteiger partial charge in [0.15, 0.2) is 0 Å². The second-order valence-electron chi connectivity index (χ2n) is 4.45. The summed E-state index contributed by atoms with van der Waals surface area (Å²) < 4.78 is 26.2. The van der Waals surface area contributed by atoms with Crippen LogP contribution < -0.4 is 0 Å². The molecule has 1 aromatic heterocycles. The van der Waals surface area contributed by atoms with Crippen molar-refractivity contribution in [3.63, 3.8) is 0 Å². The Labute approximate surface area is 114 Å². The average molecular weight is 278 g/mol. The lowest BCUT2D eigenvalue weighted by atomic mass is 10.1. The van der Waals surface area contributed by atoms with Crippen LogP contribution in [0.1, 0.15) is 33.1 Å². The predicted molar refractivity (Wildman–Crippen MR) is 67.6 cm³/mol. The fourth-order valence-electron chi connectivity index (χ4n) is 2.07. The Kier molecular flexibility index (Phi) is 3.74. The van der Waals surface area contributed by atoms with Gasteiger partial charge >= 0.3 is 5.97 Å². The molecule has 104 valence electrons. The van der Waals surface area contributed by atoms with Crippen molar-refractivity contribution in [1.82, 2.24) is 9.97 Å². The van der Waals surface area contributed by atoms with Gasteiger partial charge in [0, 0.05) is 12.5 Å². The first kappa shape index (κ1) is 14.0. The van der Waals surface area contributed by atoms with Gasteiger partial charge in [0.2, 0.25) is 0 Å². The molecule has 2 aromatic rings. The van der Waals surface area contributed by atoms with E-state index in [1.807, 2.05) is 0 Å². The number of hydrogen-bond donors (Lipinski definition) is 1. The Morgan fingerprint density at radius 2 is 1.60 bits per heavy atom. The predicted octanol–water partition coefficient (Wildman–Crippen LogP) is 2.66. The Morgan fingerprint density at radius 1 is 1.10 bits per heavy atom. The molecular formula is C14H12F2N2O2. The largest absolute Gasteiger partial charge is 0.478 e. The molecule has 0 aliphatic heterocycles. The highest BCUT2D eigenvalue weighted by Gasteiger charge is 2.15. The Bertz CT molecular complexity index is 644. The van der Waals surface area contributed by atoms with Crippen LogP contribution in [0.3, 0.4) is 0 Å². The van der Waals surface area contributed by atoms with E-state index in [9.17, 15) is 13.6 Å². The number of halogens is 2. The lowest BCUT2D eigenvalue weighted by Gasteiger charge is -2.07. The normalized spacial score (nSPS) is 10.6. The molecule has 0 saturated carbocycles. The maximum absolute atomic E-state index is 13.1. The lowest BCUT2D eigenvalue weighted by Crippen LogP contribution is -2.10. The molecule has 1 heterocycles. The van der Waals surface area contributed by atoms with Gasteiger partial charge in [-0.2, -0.15) is 0 Å². The Morgan fingerprint density at radius 3 is 2.05 bits per heavy atom. The summed E-state index contributed by atoms with van der Waals surface area (Å²) in [5, 5.41) is 9.02. The van der Waals surface area contributed by atoms with Crippen LogP contribution in [0.15, 0.2) is 18.2 Å². The van der Waals surface area contributed by atoms with E-state index in [0.29, 0.717) is 22.8 Å². The Balaban J connectivity index is 2.37. The first-order valence-electron chi connectivity index (χ1n) is 5.89. The van der Waals surface area contributed by atoms with Crippen LogP contribution in [0.25, 0.3) is 0 Å². The minimum atomic E-state index is -1.09. The number of hydrogen-bond acceptors (Lipinski definition) is 3. The molecule has 0 unspecified atom stereocenters. The molecule has 0 amide bonds. The quantitative estimate of drug-likeness (QED) is 0.937. The summed E-state index contributed by atoms with van der Waals surface area (Å²) in [7, 11) is 0. The minimum absolute atomic E-state index is 0.0548. The smallest absolute Gasteiger partial charge is 0.339 e. The van der Waals surface area contributed by atoms with Crippen molar-refractivity contribution in [1.29, 1.82) is 0 Å². The molecule has 0 atom stereocenters. The van der Waals surface area contributed by atoms with Gasteiger partial charge in [-0.3, -0.25) is 0 Å². The number of carboxylic acid groups (broad SMARTS) is 1. The zero-order chi connectivity index (χ0) is 14.9. The average Bonchev–Trinajstić information content (AvgIpc) is 2.25. The van der Waals surface area contributed by atoms with Crippen molar-refractivity contribution in [2.45, 2.75) is 20.3 Å². The zero-order valence-electron chi connectivity index (χ0n) is 10.9. The van der Waals surface area contributed by atoms with E-state index in [0.717, 1.165) is 6.07 Å². The number of carbonyl (C=O) groups is 1. The third-order valence-corrected chi connectivity index (χ3v) is 2.82. The van der Waals surface area contributed by atoms with E-state index in [4.69, 9.17) is 5.11 Å². The van der Waals surface area contributed by atoms with Crippen molar-refractivity contribution < 1.29 is 18.7 Å². The van der Waals surface area contributed by atoms with Gasteiger partial charge in [-0.05, 0) is 31.5 Å². The SMILES string of the molecule is Cc1nc(Cc2cc(F)cc(F)c2)nc(C)c1C(=O)O. The number of aromatic nitrogens is 2. The molecule has 0 spiro atoms. The molecule has 0 fully saturated rings. The number of aryl methyl sites for hydroxylation is 2. The summed E-state index contributed by atoms with van der Waals surface area (Å²) in [6.07, 6.45) is 0.135. The highest BCUT2D eigenvalue weighted by atomic mass is 19.1. The molecule has 0 bridgehead atoms. The van der Waals surface area contributed by atoms with Gasteiger partial charge in [0.05, 0.1) is 11.4 Å². The van der Waals surface area contributed by atoms with Crippen LogP contribution in [-0.4, -0.2) is 21.0 Å². The molecule has 0 aliphatic rings. The minimum Gasteiger partial charge on any atom is -0.478 e. The summed E-state index contributed by atoms with van der Waals surface area (Å²) in [5.74, 6) is -2.11. The third kappa shape index (κ3) is 2.96. The van der Waals surface area contributed by atoms with Crippen LogP contribution >= 0.6 is 0 Å². The molecule has 6 heteroatoms. The van der Waals surface area contributed by atoms with Crippen molar-refractivity contribution in [2.75, 3.05) is 0 Å². The van der Waals surface area contributed by atoms with Crippen molar-refractivity contribution >= 4 is 5.97 Å². The highest BCUT2D eigenvalue weighted by molar-refractivity contribution is 5.89. The molecule has 0 aliphatic carbocycles. The van der Waals surface area contributed by atoms with E-state index in [1.54, 1.807) is 13.8 Å². The van der Waals surface area contributed by atoms with Gasteiger partial charge in [-0.25, -0.2) is 23.5 Å². The number of aromatic carboxylic acids is 1. The van der Waals surface area contributed by atoms with Gasteiger partial charge < -0.3 is 5.11 Å². The number of carboxylic acids is 1. The summed E-state index contributed by atoms with van der Waals surface area (Å²) in [6, 6.07) is 3.18. The first-order chi connectivity index (χ1) is 9.36. The zero-order valence-corrected chi connectivity index (χ0v) is 10.9. The maximum Gasteiger partial charge on any atom is 0.339 e. The molecule has 0 saturated heterocycles. The van der Waals surface area contributed by atoms with Gasteiger partial charge in [0.1, 0.15) is 23.0 Å². The van der Waals surface area contributed by atoms with E-state index in [-0.39, 0.29) is 12.0 Å². The van der Waals surface area contributed by atoms with Crippen molar-refractivity contribution in [3.8, 4) is 0 Å². The van der Waals surface area contributed by atoms with Crippen LogP contribution in [0.5, 0.6) is 0 Å². The second-order valence-corrected chi connectivity index (χ2v) is 4.45. The highest BCUT2D eigenvalue weighted by Crippen LogP contribution is 2.14. The van der Waals surface area contributed by atoms with E-state index in [2.05, 4.69) is 9.97 Å². The molecule has 0 radical (unpaired) electrons. The van der Waals surface area contributed by atoms with Crippen LogP contribution in [-0.2, 0) is 6.42 Å². The first-order valence-corrected chi connectivity index (χ1v) is 5.89. The van der Waals surface area contributed by atoms with Crippen LogP contribution in [0, 0.1) is 25.5 Å². The fraction of sp³-hybridized carbons (Fsp3) is 0.214. The van der Waals surface area contributed by atoms with Gasteiger partial charge in [-0.1, -0.05) is 0 Å². The fourth-order valence-corrected chi connectivity index (χ4v) is 2.07. The maximum atomic E-state index is 13.1. The number of benzene rings is 1. The molecule has 1 aromatic carbocycles. The van der Waals surface area contributed by atoms with Crippen molar-refractivity contribution in [3.05, 3.63) is 58.2 Å². The number of rotatable bonds is 3. The van der Waals surface area contributed by atoms with Crippen LogP contribution in [0.4, 0.5) is 8.78 Å².